The van der Waals surface area contributed by atoms with Gasteiger partial charge in [0.1, 0.15) is 12.1 Å². The van der Waals surface area contributed by atoms with E-state index in [4.69, 9.17) is 0 Å². The zero-order chi connectivity index (χ0) is 24.4. The minimum absolute atomic E-state index is 0.127. The Morgan fingerprint density at radius 1 is 1.03 bits per heavy atom. The molecule has 1 N–H and O–H groups in total. The van der Waals surface area contributed by atoms with Crippen LogP contribution in [0.3, 0.4) is 0 Å². The topological polar surface area (TPSA) is 105 Å². The Bertz CT molecular complexity index is 1140. The monoisotopic (exact) mass is 448 g/mol. The van der Waals surface area contributed by atoms with Gasteiger partial charge in [-0.1, -0.05) is 41.5 Å². The van der Waals surface area contributed by atoms with Crippen LogP contribution in [0.25, 0.3) is 10.9 Å². The molecule has 0 aliphatic rings. The third kappa shape index (κ3) is 6.25. The largest absolute Gasteiger partial charge is 0.359 e. The Balaban J connectivity index is 2.02. The molecule has 3 rings (SSSR count). The molecule has 0 saturated heterocycles. The van der Waals surface area contributed by atoms with Crippen LogP contribution in [0, 0.1) is 22.2 Å². The summed E-state index contributed by atoms with van der Waals surface area (Å²) in [5.41, 5.74) is 1.34. The van der Waals surface area contributed by atoms with Gasteiger partial charge in [0.15, 0.2) is 5.82 Å². The molecule has 1 unspecified atom stereocenters. The van der Waals surface area contributed by atoms with Crippen molar-refractivity contribution in [3.63, 3.8) is 0 Å². The Kier molecular flexibility index (Phi) is 6.73. The molecular formula is C25H36N8. The summed E-state index contributed by atoms with van der Waals surface area (Å²) in [5, 5.41) is 26.7. The highest BCUT2D eigenvalue weighted by Crippen LogP contribution is 2.36. The normalized spacial score (nSPS) is 13.7. The second kappa shape index (κ2) is 9.05. The van der Waals surface area contributed by atoms with E-state index in [-0.39, 0.29) is 22.4 Å². The number of nitrogens with zero attached hydrogens (tertiary/aromatic N) is 7. The van der Waals surface area contributed by atoms with Crippen molar-refractivity contribution < 1.29 is 0 Å². The van der Waals surface area contributed by atoms with Gasteiger partial charge in [0.2, 0.25) is 0 Å². The molecule has 33 heavy (non-hydrogen) atoms. The highest BCUT2D eigenvalue weighted by Gasteiger charge is 2.33. The minimum atomic E-state index is -0.256. The first-order valence-electron chi connectivity index (χ1n) is 11.5. The Morgan fingerprint density at radius 2 is 1.76 bits per heavy atom. The molecule has 0 aliphatic heterocycles. The van der Waals surface area contributed by atoms with E-state index in [0.29, 0.717) is 11.4 Å². The number of hydrogen-bond donors (Lipinski definition) is 1. The smallest absolute Gasteiger partial charge is 0.174 e. The molecule has 0 radical (unpaired) electrons. The highest BCUT2D eigenvalue weighted by molar-refractivity contribution is 5.89. The third-order valence-electron chi connectivity index (χ3n) is 5.60. The van der Waals surface area contributed by atoms with Crippen LogP contribution < -0.4 is 5.32 Å². The average Bonchev–Trinajstić information content (AvgIpc) is 3.19. The summed E-state index contributed by atoms with van der Waals surface area (Å²) in [6.45, 7) is 17.8. The molecule has 0 amide bonds. The second-order valence-electron chi connectivity index (χ2n) is 11.9. The Morgan fingerprint density at radius 3 is 2.39 bits per heavy atom. The van der Waals surface area contributed by atoms with E-state index in [2.05, 4.69) is 92.3 Å². The third-order valence-corrected chi connectivity index (χ3v) is 5.60. The SMILES string of the molecule is CC(C)(C)CCC(Nc1ncnc2cc(C#N)ccc12)c1nnnn1C(C)(C)CC(C)(C)C. The molecule has 1 aromatic carbocycles. The van der Waals surface area contributed by atoms with Crippen molar-refractivity contribution in [3.05, 3.63) is 35.9 Å². The second-order valence-corrected chi connectivity index (χ2v) is 11.9. The number of fused-ring (bicyclic) bond motifs is 1. The van der Waals surface area contributed by atoms with Gasteiger partial charge >= 0.3 is 0 Å². The summed E-state index contributed by atoms with van der Waals surface area (Å²) < 4.78 is 1.97. The average molecular weight is 449 g/mol. The highest BCUT2D eigenvalue weighted by atomic mass is 15.6. The van der Waals surface area contributed by atoms with Gasteiger partial charge in [0.25, 0.3) is 0 Å². The van der Waals surface area contributed by atoms with Gasteiger partial charge in [0, 0.05) is 5.39 Å². The molecule has 3 aromatic rings. The number of anilines is 1. The van der Waals surface area contributed by atoms with Crippen LogP contribution in [0.1, 0.15) is 92.1 Å². The number of hydrogen-bond acceptors (Lipinski definition) is 7. The lowest BCUT2D eigenvalue weighted by molar-refractivity contribution is 0.188. The van der Waals surface area contributed by atoms with E-state index in [1.807, 2.05) is 10.7 Å². The van der Waals surface area contributed by atoms with Gasteiger partial charge in [-0.25, -0.2) is 14.6 Å². The van der Waals surface area contributed by atoms with Crippen LogP contribution in [0.4, 0.5) is 5.82 Å². The lowest BCUT2D eigenvalue weighted by atomic mass is 9.81. The van der Waals surface area contributed by atoms with E-state index in [9.17, 15) is 5.26 Å². The number of tetrazole rings is 1. The summed E-state index contributed by atoms with van der Waals surface area (Å²) in [7, 11) is 0. The zero-order valence-corrected chi connectivity index (χ0v) is 21.1. The Labute approximate surface area is 196 Å². The van der Waals surface area contributed by atoms with Gasteiger partial charge in [-0.15, -0.1) is 5.10 Å². The number of rotatable bonds is 7. The maximum Gasteiger partial charge on any atom is 0.174 e. The zero-order valence-electron chi connectivity index (χ0n) is 21.1. The van der Waals surface area contributed by atoms with Crippen molar-refractivity contribution in [1.29, 1.82) is 5.26 Å². The van der Waals surface area contributed by atoms with Crippen molar-refractivity contribution in [1.82, 2.24) is 30.2 Å². The van der Waals surface area contributed by atoms with Crippen LogP contribution in [0.15, 0.2) is 24.5 Å². The van der Waals surface area contributed by atoms with E-state index in [0.717, 1.165) is 36.0 Å². The first-order valence-corrected chi connectivity index (χ1v) is 11.5. The van der Waals surface area contributed by atoms with Crippen molar-refractivity contribution in [3.8, 4) is 6.07 Å². The predicted octanol–water partition coefficient (Wildman–Crippen LogP) is 5.64. The maximum atomic E-state index is 9.24. The molecular weight excluding hydrogens is 412 g/mol. The van der Waals surface area contributed by atoms with E-state index >= 15 is 0 Å². The van der Waals surface area contributed by atoms with Crippen molar-refractivity contribution >= 4 is 16.7 Å². The summed E-state index contributed by atoms with van der Waals surface area (Å²) >= 11 is 0. The van der Waals surface area contributed by atoms with Crippen molar-refractivity contribution in [2.45, 2.75) is 86.2 Å². The number of nitrogens with one attached hydrogen (secondary N) is 1. The first-order chi connectivity index (χ1) is 15.3. The fraction of sp³-hybridized carbons (Fsp3) is 0.600. The summed E-state index contributed by atoms with van der Waals surface area (Å²) in [5.74, 6) is 1.51. The lowest BCUT2D eigenvalue weighted by Gasteiger charge is -2.34. The summed E-state index contributed by atoms with van der Waals surface area (Å²) in [4.78, 5) is 8.88. The van der Waals surface area contributed by atoms with Crippen LogP contribution in [-0.4, -0.2) is 30.2 Å². The summed E-state index contributed by atoms with van der Waals surface area (Å²) in [6.07, 6.45) is 4.28. The van der Waals surface area contributed by atoms with E-state index < -0.39 is 0 Å². The van der Waals surface area contributed by atoms with Crippen LogP contribution >= 0.6 is 0 Å². The molecule has 0 aliphatic carbocycles. The Hall–Kier alpha value is -3.08. The molecule has 1 atom stereocenters. The van der Waals surface area contributed by atoms with Crippen LogP contribution in [0.2, 0.25) is 0 Å². The first kappa shape index (κ1) is 24.6. The van der Waals surface area contributed by atoms with Gasteiger partial charge in [-0.2, -0.15) is 5.26 Å². The van der Waals surface area contributed by atoms with Gasteiger partial charge < -0.3 is 5.32 Å². The fourth-order valence-electron chi connectivity index (χ4n) is 4.46. The molecule has 2 heterocycles. The van der Waals surface area contributed by atoms with E-state index in [1.54, 1.807) is 12.1 Å². The molecule has 8 nitrogen and oxygen atoms in total. The number of aromatic nitrogens is 6. The molecule has 0 saturated carbocycles. The van der Waals surface area contributed by atoms with Gasteiger partial charge in [-0.05, 0) is 72.6 Å². The molecule has 0 spiro atoms. The lowest BCUT2D eigenvalue weighted by Crippen LogP contribution is -2.35. The molecule has 8 heteroatoms. The van der Waals surface area contributed by atoms with Crippen molar-refractivity contribution in [2.24, 2.45) is 10.8 Å². The molecule has 176 valence electrons. The minimum Gasteiger partial charge on any atom is -0.359 e. The molecule has 0 fully saturated rings. The van der Waals surface area contributed by atoms with Crippen molar-refractivity contribution in [2.75, 3.05) is 5.32 Å². The fourth-order valence-corrected chi connectivity index (χ4v) is 4.46. The quantitative estimate of drug-likeness (QED) is 0.498. The molecule has 0 bridgehead atoms. The predicted molar refractivity (Wildman–Crippen MR) is 131 cm³/mol. The molecule has 2 aromatic heterocycles. The number of nitriles is 1. The standard InChI is InChI=1S/C25H36N8/c1-23(2,3)12-11-19(22-30-31-32-33(22)25(7,8)15-24(4,5)6)29-21-18-10-9-17(14-26)13-20(18)27-16-28-21/h9-10,13,16,19H,11-12,15H2,1-8H3,(H,27,28,29). The van der Waals surface area contributed by atoms with E-state index in [1.165, 1.54) is 6.33 Å². The van der Waals surface area contributed by atoms with Crippen LogP contribution in [-0.2, 0) is 5.54 Å². The summed E-state index contributed by atoms with van der Waals surface area (Å²) in [6, 6.07) is 7.50. The maximum absolute atomic E-state index is 9.24. The van der Waals surface area contributed by atoms with Gasteiger partial charge in [-0.3, -0.25) is 0 Å². The van der Waals surface area contributed by atoms with Crippen LogP contribution in [0.5, 0.6) is 0 Å². The van der Waals surface area contributed by atoms with Gasteiger partial charge in [0.05, 0.1) is 28.7 Å². The number of benzene rings is 1.